The van der Waals surface area contributed by atoms with E-state index in [1.165, 1.54) is 5.56 Å². The molecule has 0 saturated carbocycles. The van der Waals surface area contributed by atoms with E-state index < -0.39 is 0 Å². The van der Waals surface area contributed by atoms with Crippen LogP contribution in [0.4, 0.5) is 4.79 Å². The molecule has 1 aliphatic heterocycles. The molecular weight excluding hydrogens is 268 g/mol. The molecular formula is C16H22N2O3. The van der Waals surface area contributed by atoms with Gasteiger partial charge in [0.2, 0.25) is 5.91 Å². The van der Waals surface area contributed by atoms with Crippen molar-refractivity contribution in [3.8, 4) is 0 Å². The third kappa shape index (κ3) is 3.97. The summed E-state index contributed by atoms with van der Waals surface area (Å²) >= 11 is 0. The van der Waals surface area contributed by atoms with Crippen molar-refractivity contribution in [3.05, 3.63) is 35.4 Å². The lowest BCUT2D eigenvalue weighted by Crippen LogP contribution is -2.43. The number of aryl methyl sites for hydroxylation is 1. The number of nitrogens with two attached hydrogens (primary N) is 1. The zero-order chi connectivity index (χ0) is 15.4. The molecule has 114 valence electrons. The molecule has 5 heteroatoms. The number of carbonyl (C=O) groups is 2. The summed E-state index contributed by atoms with van der Waals surface area (Å²) in [5, 5.41) is 0. The molecule has 1 aromatic carbocycles. The summed E-state index contributed by atoms with van der Waals surface area (Å²) in [4.78, 5) is 24.6. The van der Waals surface area contributed by atoms with E-state index in [9.17, 15) is 9.59 Å². The van der Waals surface area contributed by atoms with Crippen LogP contribution in [0.5, 0.6) is 0 Å². The quantitative estimate of drug-likeness (QED) is 0.905. The van der Waals surface area contributed by atoms with Crippen molar-refractivity contribution in [2.75, 3.05) is 6.54 Å². The van der Waals surface area contributed by atoms with E-state index >= 15 is 0 Å². The largest absolute Gasteiger partial charge is 0.446 e. The average molecular weight is 290 g/mol. The van der Waals surface area contributed by atoms with Gasteiger partial charge in [-0.3, -0.25) is 4.79 Å². The molecule has 1 saturated heterocycles. The summed E-state index contributed by atoms with van der Waals surface area (Å²) in [7, 11) is 0. The van der Waals surface area contributed by atoms with Gasteiger partial charge in [0.1, 0.15) is 6.10 Å². The minimum atomic E-state index is -0.360. The molecule has 2 unspecified atom stereocenters. The first-order chi connectivity index (χ1) is 9.97. The van der Waals surface area contributed by atoms with E-state index in [1.807, 2.05) is 38.1 Å². The molecule has 0 aromatic heterocycles. The molecule has 2 atom stereocenters. The fourth-order valence-electron chi connectivity index (χ4n) is 2.53. The molecule has 0 aliphatic carbocycles. The van der Waals surface area contributed by atoms with Crippen LogP contribution in [0.2, 0.25) is 0 Å². The van der Waals surface area contributed by atoms with Crippen LogP contribution in [0.1, 0.15) is 43.4 Å². The van der Waals surface area contributed by atoms with Crippen LogP contribution in [-0.2, 0) is 9.53 Å². The van der Waals surface area contributed by atoms with Crippen LogP contribution in [-0.4, -0.2) is 29.5 Å². The molecule has 1 aromatic rings. The molecule has 0 spiro atoms. The summed E-state index contributed by atoms with van der Waals surface area (Å²) < 4.78 is 5.39. The van der Waals surface area contributed by atoms with Crippen molar-refractivity contribution >= 4 is 12.0 Å². The van der Waals surface area contributed by atoms with Crippen molar-refractivity contribution in [1.29, 1.82) is 0 Å². The van der Waals surface area contributed by atoms with Gasteiger partial charge in [-0.25, -0.2) is 4.79 Å². The van der Waals surface area contributed by atoms with Gasteiger partial charge in [-0.1, -0.05) is 29.8 Å². The van der Waals surface area contributed by atoms with Gasteiger partial charge in [0, 0.05) is 19.4 Å². The molecule has 2 rings (SSSR count). The maximum Gasteiger partial charge on any atom is 0.410 e. The fourth-order valence-corrected chi connectivity index (χ4v) is 2.53. The second-order valence-electron chi connectivity index (χ2n) is 5.58. The van der Waals surface area contributed by atoms with E-state index in [0.29, 0.717) is 13.0 Å². The predicted octanol–water partition coefficient (Wildman–Crippen LogP) is 2.53. The Morgan fingerprint density at radius 2 is 2.10 bits per heavy atom. The second-order valence-corrected chi connectivity index (χ2v) is 5.58. The fraction of sp³-hybridized carbons (Fsp3) is 0.500. The summed E-state index contributed by atoms with van der Waals surface area (Å²) in [6.45, 7) is 4.67. The molecule has 0 bridgehead atoms. The smallest absolute Gasteiger partial charge is 0.410 e. The van der Waals surface area contributed by atoms with Gasteiger partial charge < -0.3 is 15.4 Å². The van der Waals surface area contributed by atoms with Gasteiger partial charge >= 0.3 is 6.09 Å². The summed E-state index contributed by atoms with van der Waals surface area (Å²) in [5.41, 5.74) is 7.40. The number of cyclic esters (lactones) is 1. The molecule has 5 nitrogen and oxygen atoms in total. The monoisotopic (exact) mass is 290 g/mol. The van der Waals surface area contributed by atoms with Gasteiger partial charge in [-0.05, 0) is 25.8 Å². The van der Waals surface area contributed by atoms with Gasteiger partial charge in [-0.2, -0.15) is 0 Å². The van der Waals surface area contributed by atoms with Crippen molar-refractivity contribution in [3.63, 3.8) is 0 Å². The first kappa shape index (κ1) is 15.4. The normalized spacial score (nSPS) is 20.0. The first-order valence-electron chi connectivity index (χ1n) is 7.29. The number of benzene rings is 1. The molecule has 1 heterocycles. The van der Waals surface area contributed by atoms with E-state index in [0.717, 1.165) is 12.0 Å². The van der Waals surface area contributed by atoms with Crippen molar-refractivity contribution < 1.29 is 14.3 Å². The third-order valence-corrected chi connectivity index (χ3v) is 3.93. The van der Waals surface area contributed by atoms with Crippen LogP contribution >= 0.6 is 0 Å². The van der Waals surface area contributed by atoms with Gasteiger partial charge in [0.25, 0.3) is 0 Å². The highest BCUT2D eigenvalue weighted by molar-refractivity contribution is 5.74. The number of amides is 2. The molecule has 1 aliphatic rings. The number of primary amides is 1. The van der Waals surface area contributed by atoms with E-state index in [-0.39, 0.29) is 30.6 Å². The Morgan fingerprint density at radius 1 is 1.43 bits per heavy atom. The Bertz CT molecular complexity index is 513. The highest BCUT2D eigenvalue weighted by Gasteiger charge is 2.30. The first-order valence-corrected chi connectivity index (χ1v) is 7.29. The minimum absolute atomic E-state index is 0.0183. The second kappa shape index (κ2) is 6.61. The number of hydrogen-bond donors (Lipinski definition) is 1. The maximum atomic E-state index is 12.1. The maximum absolute atomic E-state index is 12.1. The predicted molar refractivity (Wildman–Crippen MR) is 79.6 cm³/mol. The lowest BCUT2D eigenvalue weighted by Gasteiger charge is -2.35. The van der Waals surface area contributed by atoms with Gasteiger partial charge in [-0.15, -0.1) is 0 Å². The number of carbonyl (C=O) groups excluding carboxylic acids is 2. The third-order valence-electron chi connectivity index (χ3n) is 3.93. The number of ether oxygens (including phenoxy) is 1. The van der Waals surface area contributed by atoms with Gasteiger partial charge in [0.15, 0.2) is 0 Å². The van der Waals surface area contributed by atoms with E-state index in [2.05, 4.69) is 0 Å². The van der Waals surface area contributed by atoms with Crippen LogP contribution < -0.4 is 5.73 Å². The SMILES string of the molecule is Cc1ccc(C(C)N2CCC(CCC(N)=O)OC2=O)cc1. The summed E-state index contributed by atoms with van der Waals surface area (Å²) in [6.07, 6.45) is 0.976. The molecule has 21 heavy (non-hydrogen) atoms. The topological polar surface area (TPSA) is 72.6 Å². The van der Waals surface area contributed by atoms with Crippen LogP contribution in [0.3, 0.4) is 0 Å². The van der Waals surface area contributed by atoms with Crippen molar-refractivity contribution in [2.24, 2.45) is 5.73 Å². The van der Waals surface area contributed by atoms with E-state index in [1.54, 1.807) is 4.90 Å². The van der Waals surface area contributed by atoms with Crippen molar-refractivity contribution in [1.82, 2.24) is 4.90 Å². The van der Waals surface area contributed by atoms with E-state index in [4.69, 9.17) is 10.5 Å². The Hall–Kier alpha value is -2.04. The van der Waals surface area contributed by atoms with Crippen LogP contribution in [0.15, 0.2) is 24.3 Å². The minimum Gasteiger partial charge on any atom is -0.446 e. The van der Waals surface area contributed by atoms with Crippen LogP contribution in [0, 0.1) is 6.92 Å². The average Bonchev–Trinajstić information content (AvgIpc) is 2.45. The standard InChI is InChI=1S/C16H22N2O3/c1-11-3-5-13(6-4-11)12(2)18-10-9-14(21-16(18)20)7-8-15(17)19/h3-6,12,14H,7-10H2,1-2H3,(H2,17,19). The Kier molecular flexibility index (Phi) is 4.83. The lowest BCUT2D eigenvalue weighted by atomic mass is 10.0. The Labute approximate surface area is 125 Å². The Morgan fingerprint density at radius 3 is 2.67 bits per heavy atom. The lowest BCUT2D eigenvalue weighted by molar-refractivity contribution is -0.118. The van der Waals surface area contributed by atoms with Crippen molar-refractivity contribution in [2.45, 2.75) is 45.3 Å². The number of nitrogens with zero attached hydrogens (tertiary/aromatic N) is 1. The molecule has 2 amide bonds. The zero-order valence-electron chi connectivity index (χ0n) is 12.5. The molecule has 1 fully saturated rings. The summed E-state index contributed by atoms with van der Waals surface area (Å²) in [6, 6.07) is 8.13. The number of hydrogen-bond acceptors (Lipinski definition) is 3. The highest BCUT2D eigenvalue weighted by atomic mass is 16.6. The number of rotatable bonds is 5. The Balaban J connectivity index is 1.95. The molecule has 2 N–H and O–H groups in total. The molecule has 0 radical (unpaired) electrons. The van der Waals surface area contributed by atoms with Gasteiger partial charge in [0.05, 0.1) is 6.04 Å². The van der Waals surface area contributed by atoms with Crippen LogP contribution in [0.25, 0.3) is 0 Å². The zero-order valence-corrected chi connectivity index (χ0v) is 12.5. The summed E-state index contributed by atoms with van der Waals surface area (Å²) in [5.74, 6) is -0.360. The highest BCUT2D eigenvalue weighted by Crippen LogP contribution is 2.26.